The number of ether oxygens (including phenoxy) is 1. The minimum absolute atomic E-state index is 0.405. The number of aryl methyl sites for hydroxylation is 2. The molecule has 1 aromatic heterocycles. The van der Waals surface area contributed by atoms with E-state index >= 15 is 0 Å². The van der Waals surface area contributed by atoms with Gasteiger partial charge in [-0.15, -0.1) is 0 Å². The molecule has 1 heterocycles. The van der Waals surface area contributed by atoms with E-state index in [2.05, 4.69) is 29.1 Å². The molecule has 0 spiro atoms. The Bertz CT molecular complexity index is 546. The highest BCUT2D eigenvalue weighted by Gasteiger charge is 2.08. The average molecular weight is 285 g/mol. The van der Waals surface area contributed by atoms with Gasteiger partial charge in [0.05, 0.1) is 0 Å². The van der Waals surface area contributed by atoms with E-state index in [1.54, 1.807) is 0 Å². The molecule has 0 aliphatic rings. The number of hydrogen-bond acceptors (Lipinski definition) is 4. The van der Waals surface area contributed by atoms with Gasteiger partial charge in [0.15, 0.2) is 5.82 Å². The summed E-state index contributed by atoms with van der Waals surface area (Å²) in [6.45, 7) is 5.52. The number of rotatable bonds is 7. The summed E-state index contributed by atoms with van der Waals surface area (Å²) in [5.41, 5.74) is 3.38. The molecule has 112 valence electrons. The first kappa shape index (κ1) is 15.4. The van der Waals surface area contributed by atoms with Crippen LogP contribution in [0, 0.1) is 13.8 Å². The van der Waals surface area contributed by atoms with Crippen molar-refractivity contribution >= 4 is 0 Å². The zero-order valence-corrected chi connectivity index (χ0v) is 13.0. The summed E-state index contributed by atoms with van der Waals surface area (Å²) >= 11 is 0. The van der Waals surface area contributed by atoms with Gasteiger partial charge in [0.1, 0.15) is 12.4 Å². The molecule has 0 bridgehead atoms. The van der Waals surface area contributed by atoms with Gasteiger partial charge in [-0.1, -0.05) is 18.2 Å². The Morgan fingerprint density at radius 3 is 2.33 bits per heavy atom. The number of benzene rings is 1. The normalized spacial score (nSPS) is 10.6. The molecule has 2 aromatic rings. The molecule has 0 amide bonds. The topological polar surface area (TPSA) is 47.0 Å². The summed E-state index contributed by atoms with van der Waals surface area (Å²) in [5.74, 6) is 1.58. The van der Waals surface area contributed by atoms with E-state index in [1.165, 1.54) is 5.56 Å². The van der Waals surface area contributed by atoms with Crippen LogP contribution in [-0.2, 0) is 13.0 Å². The monoisotopic (exact) mass is 285 g/mol. The van der Waals surface area contributed by atoms with Gasteiger partial charge >= 0.3 is 0 Å². The van der Waals surface area contributed by atoms with Gasteiger partial charge in [0, 0.05) is 11.4 Å². The Morgan fingerprint density at radius 1 is 1.05 bits per heavy atom. The largest absolute Gasteiger partial charge is 0.486 e. The number of hydrogen-bond donors (Lipinski definition) is 1. The molecular weight excluding hydrogens is 262 g/mol. The highest BCUT2D eigenvalue weighted by Crippen LogP contribution is 2.14. The number of nitrogens with one attached hydrogen (secondary N) is 1. The Kier molecular flexibility index (Phi) is 5.69. The third-order valence-corrected chi connectivity index (χ3v) is 3.43. The molecular formula is C17H23N3O. The lowest BCUT2D eigenvalue weighted by Gasteiger charge is -2.11. The maximum Gasteiger partial charge on any atom is 0.166 e. The highest BCUT2D eigenvalue weighted by molar-refractivity contribution is 5.25. The molecule has 1 aromatic carbocycles. The lowest BCUT2D eigenvalue weighted by Crippen LogP contribution is -2.12. The molecule has 0 saturated carbocycles. The van der Waals surface area contributed by atoms with Crippen molar-refractivity contribution < 1.29 is 4.74 Å². The second-order valence-corrected chi connectivity index (χ2v) is 5.10. The minimum Gasteiger partial charge on any atom is -0.486 e. The molecule has 0 atom stereocenters. The third kappa shape index (κ3) is 4.53. The lowest BCUT2D eigenvalue weighted by molar-refractivity contribution is 0.295. The molecule has 0 aliphatic carbocycles. The van der Waals surface area contributed by atoms with Crippen LogP contribution in [0.1, 0.15) is 29.2 Å². The first-order valence-electron chi connectivity index (χ1n) is 7.36. The average Bonchev–Trinajstić information content (AvgIpc) is 2.49. The Morgan fingerprint density at radius 2 is 1.71 bits per heavy atom. The highest BCUT2D eigenvalue weighted by atomic mass is 16.5. The zero-order chi connectivity index (χ0) is 15.1. The van der Waals surface area contributed by atoms with Gasteiger partial charge in [-0.05, 0) is 58.0 Å². The zero-order valence-electron chi connectivity index (χ0n) is 13.0. The van der Waals surface area contributed by atoms with Crippen LogP contribution in [0.5, 0.6) is 5.75 Å². The van der Waals surface area contributed by atoms with E-state index in [1.807, 2.05) is 37.4 Å². The first-order chi connectivity index (χ1) is 10.2. The van der Waals surface area contributed by atoms with Crippen LogP contribution >= 0.6 is 0 Å². The molecule has 21 heavy (non-hydrogen) atoms. The van der Waals surface area contributed by atoms with E-state index in [9.17, 15) is 0 Å². The van der Waals surface area contributed by atoms with Gasteiger partial charge in [-0.2, -0.15) is 0 Å². The number of nitrogens with zero attached hydrogens (tertiary/aromatic N) is 2. The molecule has 0 saturated heterocycles. The van der Waals surface area contributed by atoms with Crippen LogP contribution in [0.25, 0.3) is 0 Å². The summed E-state index contributed by atoms with van der Waals surface area (Å²) in [5, 5.41) is 3.17. The predicted octanol–water partition coefficient (Wildman–Crippen LogP) is 2.82. The van der Waals surface area contributed by atoms with Crippen molar-refractivity contribution in [3.05, 3.63) is 53.1 Å². The van der Waals surface area contributed by atoms with Crippen molar-refractivity contribution in [1.29, 1.82) is 0 Å². The molecule has 0 aliphatic heterocycles. The summed E-state index contributed by atoms with van der Waals surface area (Å²) in [6, 6.07) is 9.75. The van der Waals surface area contributed by atoms with Crippen LogP contribution in [0.4, 0.5) is 0 Å². The molecule has 4 heteroatoms. The SMILES string of the molecule is CNCCCc1c(C)nc(COc2ccccc2)nc1C. The van der Waals surface area contributed by atoms with E-state index in [0.717, 1.165) is 42.3 Å². The molecule has 0 unspecified atom stereocenters. The van der Waals surface area contributed by atoms with E-state index < -0.39 is 0 Å². The van der Waals surface area contributed by atoms with E-state index in [0.29, 0.717) is 6.61 Å². The van der Waals surface area contributed by atoms with Gasteiger partial charge in [0.2, 0.25) is 0 Å². The second kappa shape index (κ2) is 7.74. The third-order valence-electron chi connectivity index (χ3n) is 3.43. The van der Waals surface area contributed by atoms with Crippen LogP contribution in [0.3, 0.4) is 0 Å². The first-order valence-corrected chi connectivity index (χ1v) is 7.36. The van der Waals surface area contributed by atoms with Gasteiger partial charge in [-0.3, -0.25) is 0 Å². The molecule has 4 nitrogen and oxygen atoms in total. The van der Waals surface area contributed by atoms with Crippen molar-refractivity contribution in [3.8, 4) is 5.75 Å². The Balaban J connectivity index is 2.01. The summed E-state index contributed by atoms with van der Waals surface area (Å²) in [6.07, 6.45) is 2.11. The molecule has 0 radical (unpaired) electrons. The molecule has 2 rings (SSSR count). The summed E-state index contributed by atoms with van der Waals surface area (Å²) < 4.78 is 5.71. The van der Waals surface area contributed by atoms with E-state index in [-0.39, 0.29) is 0 Å². The second-order valence-electron chi connectivity index (χ2n) is 5.10. The van der Waals surface area contributed by atoms with Gasteiger partial charge in [-0.25, -0.2) is 9.97 Å². The van der Waals surface area contributed by atoms with Crippen LogP contribution in [-0.4, -0.2) is 23.6 Å². The Hall–Kier alpha value is -1.94. The quantitative estimate of drug-likeness (QED) is 0.795. The molecule has 1 N–H and O–H groups in total. The smallest absolute Gasteiger partial charge is 0.166 e. The van der Waals surface area contributed by atoms with Gasteiger partial charge in [0.25, 0.3) is 0 Å². The van der Waals surface area contributed by atoms with Gasteiger partial charge < -0.3 is 10.1 Å². The Labute approximate surface area is 126 Å². The number of para-hydroxylation sites is 1. The van der Waals surface area contributed by atoms with Crippen LogP contribution in [0.15, 0.2) is 30.3 Å². The minimum atomic E-state index is 0.405. The fourth-order valence-corrected chi connectivity index (χ4v) is 2.34. The van der Waals surface area contributed by atoms with Crippen molar-refractivity contribution in [2.45, 2.75) is 33.3 Å². The van der Waals surface area contributed by atoms with E-state index in [4.69, 9.17) is 4.74 Å². The van der Waals surface area contributed by atoms with Crippen molar-refractivity contribution in [1.82, 2.24) is 15.3 Å². The standard InChI is InChI=1S/C17H23N3O/c1-13-16(10-7-11-18-3)14(2)20-17(19-13)12-21-15-8-5-4-6-9-15/h4-6,8-9,18H,7,10-12H2,1-3H3. The lowest BCUT2D eigenvalue weighted by atomic mass is 10.1. The van der Waals surface area contributed by atoms with Crippen molar-refractivity contribution in [2.75, 3.05) is 13.6 Å². The van der Waals surface area contributed by atoms with Crippen LogP contribution in [0.2, 0.25) is 0 Å². The summed E-state index contributed by atoms with van der Waals surface area (Å²) in [4.78, 5) is 9.14. The maximum absolute atomic E-state index is 5.71. The van der Waals surface area contributed by atoms with Crippen molar-refractivity contribution in [2.24, 2.45) is 0 Å². The summed E-state index contributed by atoms with van der Waals surface area (Å²) in [7, 11) is 1.97. The fraction of sp³-hybridized carbons (Fsp3) is 0.412. The van der Waals surface area contributed by atoms with Crippen molar-refractivity contribution in [3.63, 3.8) is 0 Å². The number of aromatic nitrogens is 2. The molecule has 0 fully saturated rings. The maximum atomic E-state index is 5.71. The fourth-order valence-electron chi connectivity index (χ4n) is 2.34. The van der Waals surface area contributed by atoms with Crippen LogP contribution < -0.4 is 10.1 Å². The predicted molar refractivity (Wildman–Crippen MR) is 84.5 cm³/mol.